The molecule has 4 nitrogen and oxygen atoms in total. The zero-order chi connectivity index (χ0) is 15.4. The van der Waals surface area contributed by atoms with Gasteiger partial charge in [0.15, 0.2) is 0 Å². The van der Waals surface area contributed by atoms with Gasteiger partial charge in [0.1, 0.15) is 11.3 Å². The Labute approximate surface area is 116 Å². The van der Waals surface area contributed by atoms with Crippen molar-refractivity contribution >= 4 is 16.7 Å². The molecule has 110 valence electrons. The minimum Gasteiger partial charge on any atom is -0.506 e. The molecule has 0 spiro atoms. The fourth-order valence-corrected chi connectivity index (χ4v) is 2.76. The average Bonchev–Trinajstić information content (AvgIpc) is 2.43. The topological polar surface area (TPSA) is 59.3 Å². The molecule has 2 aromatic rings. The second kappa shape index (κ2) is 4.34. The van der Waals surface area contributed by atoms with Crippen LogP contribution in [0.5, 0.6) is 5.75 Å². The number of rotatable bonds is 1. The Hall–Kier alpha value is -2.31. The second-order valence-corrected chi connectivity index (χ2v) is 4.92. The molecule has 0 radical (unpaired) electrons. The van der Waals surface area contributed by atoms with Gasteiger partial charge in [-0.15, -0.1) is 0 Å². The summed E-state index contributed by atoms with van der Waals surface area (Å²) in [5.41, 5.74) is -1.11. The van der Waals surface area contributed by atoms with E-state index in [9.17, 15) is 27.9 Å². The van der Waals surface area contributed by atoms with Crippen LogP contribution < -0.4 is 5.56 Å². The van der Waals surface area contributed by atoms with Gasteiger partial charge in [0.2, 0.25) is 0 Å². The highest BCUT2D eigenvalue weighted by Gasteiger charge is 2.43. The number of ketones is 1. The van der Waals surface area contributed by atoms with Crippen LogP contribution in [0.1, 0.15) is 22.3 Å². The molecule has 0 atom stereocenters. The Balaban J connectivity index is 2.45. The minimum atomic E-state index is -5.20. The van der Waals surface area contributed by atoms with Crippen LogP contribution in [-0.2, 0) is 13.0 Å². The monoisotopic (exact) mass is 297 g/mol. The summed E-state index contributed by atoms with van der Waals surface area (Å²) in [6, 6.07) is 4.74. The number of carbonyl (C=O) groups excluding carboxylic acids is 1. The Morgan fingerprint density at radius 2 is 2.00 bits per heavy atom. The highest BCUT2D eigenvalue weighted by molar-refractivity contribution is 6.06. The smallest absolute Gasteiger partial charge is 0.455 e. The lowest BCUT2D eigenvalue weighted by atomic mass is 9.98. The highest BCUT2D eigenvalue weighted by Crippen LogP contribution is 2.34. The third-order valence-corrected chi connectivity index (χ3v) is 3.65. The molecule has 1 aromatic heterocycles. The van der Waals surface area contributed by atoms with Crippen LogP contribution >= 0.6 is 0 Å². The van der Waals surface area contributed by atoms with Crippen molar-refractivity contribution in [3.63, 3.8) is 0 Å². The van der Waals surface area contributed by atoms with Crippen molar-refractivity contribution in [1.82, 2.24) is 4.57 Å². The number of halogens is 3. The van der Waals surface area contributed by atoms with E-state index in [0.717, 1.165) is 10.1 Å². The molecule has 21 heavy (non-hydrogen) atoms. The number of para-hydroxylation sites is 1. The van der Waals surface area contributed by atoms with E-state index in [-0.39, 0.29) is 11.9 Å². The number of aryl methyl sites for hydroxylation is 2. The number of Topliss-reactive ketones (excluding diaryl/α,β-unsaturated/α-hetero) is 1. The minimum absolute atomic E-state index is 0.0967. The molecule has 1 aliphatic rings. The molecule has 0 bridgehead atoms. The Bertz CT molecular complexity index is 821. The predicted octanol–water partition coefficient (Wildman–Crippen LogP) is 2.40. The lowest BCUT2D eigenvalue weighted by Gasteiger charge is -2.21. The van der Waals surface area contributed by atoms with E-state index in [2.05, 4.69) is 0 Å². The zero-order valence-electron chi connectivity index (χ0n) is 10.7. The van der Waals surface area contributed by atoms with Gasteiger partial charge < -0.3 is 9.67 Å². The van der Waals surface area contributed by atoms with Crippen molar-refractivity contribution in [2.24, 2.45) is 0 Å². The quantitative estimate of drug-likeness (QED) is 0.822. The van der Waals surface area contributed by atoms with Crippen LogP contribution in [-0.4, -0.2) is 21.6 Å². The lowest BCUT2D eigenvalue weighted by molar-refractivity contribution is -0.0887. The molecular formula is C14H10F3NO3. The summed E-state index contributed by atoms with van der Waals surface area (Å²) in [6.45, 7) is 0.227. The first-order chi connectivity index (χ1) is 9.82. The first-order valence-electron chi connectivity index (χ1n) is 6.31. The van der Waals surface area contributed by atoms with Gasteiger partial charge in [-0.25, -0.2) is 0 Å². The Morgan fingerprint density at radius 3 is 2.67 bits per heavy atom. The van der Waals surface area contributed by atoms with E-state index in [1.165, 1.54) is 6.07 Å². The van der Waals surface area contributed by atoms with Gasteiger partial charge in [-0.05, 0) is 24.5 Å². The number of alkyl halides is 3. The van der Waals surface area contributed by atoms with Gasteiger partial charge >= 0.3 is 6.18 Å². The largest absolute Gasteiger partial charge is 0.506 e. The molecule has 0 fully saturated rings. The first-order valence-corrected chi connectivity index (χ1v) is 6.31. The number of carbonyl (C=O) groups is 1. The first kappa shape index (κ1) is 13.7. The number of aromatic nitrogens is 1. The van der Waals surface area contributed by atoms with Crippen molar-refractivity contribution in [2.45, 2.75) is 25.6 Å². The molecule has 1 aromatic carbocycles. The third kappa shape index (κ3) is 1.91. The predicted molar refractivity (Wildman–Crippen MR) is 68.6 cm³/mol. The third-order valence-electron chi connectivity index (χ3n) is 3.65. The summed E-state index contributed by atoms with van der Waals surface area (Å²) in [5.74, 6) is -3.20. The maximum Gasteiger partial charge on any atom is 0.455 e. The molecule has 0 aliphatic carbocycles. The van der Waals surface area contributed by atoms with Crippen LogP contribution in [0.15, 0.2) is 23.0 Å². The van der Waals surface area contributed by atoms with Gasteiger partial charge in [-0.1, -0.05) is 12.1 Å². The van der Waals surface area contributed by atoms with Gasteiger partial charge in [0.25, 0.3) is 11.3 Å². The van der Waals surface area contributed by atoms with Crippen molar-refractivity contribution in [3.05, 3.63) is 39.7 Å². The molecule has 0 saturated carbocycles. The van der Waals surface area contributed by atoms with Crippen molar-refractivity contribution in [1.29, 1.82) is 0 Å². The van der Waals surface area contributed by atoms with Crippen molar-refractivity contribution in [2.75, 3.05) is 0 Å². The van der Waals surface area contributed by atoms with E-state index in [1.54, 1.807) is 12.1 Å². The lowest BCUT2D eigenvalue weighted by Crippen LogP contribution is -2.34. The van der Waals surface area contributed by atoms with Crippen LogP contribution in [0.3, 0.4) is 0 Å². The van der Waals surface area contributed by atoms with E-state index in [0.29, 0.717) is 18.4 Å². The van der Waals surface area contributed by atoms with Gasteiger partial charge in [-0.3, -0.25) is 9.59 Å². The van der Waals surface area contributed by atoms with Gasteiger partial charge in [-0.2, -0.15) is 13.2 Å². The molecular weight excluding hydrogens is 287 g/mol. The summed E-state index contributed by atoms with van der Waals surface area (Å²) < 4.78 is 39.0. The SMILES string of the molecule is O=C(c1c(O)c2cccc3c2n(c1=O)CCC3)C(F)(F)F. The summed E-state index contributed by atoms with van der Waals surface area (Å²) in [4.78, 5) is 23.6. The molecule has 0 unspecified atom stereocenters. The van der Waals surface area contributed by atoms with E-state index in [4.69, 9.17) is 0 Å². The molecule has 3 rings (SSSR count). The van der Waals surface area contributed by atoms with E-state index in [1.807, 2.05) is 0 Å². The maximum absolute atomic E-state index is 12.6. The number of nitrogens with zero attached hydrogens (tertiary/aromatic N) is 1. The molecule has 7 heteroatoms. The second-order valence-electron chi connectivity index (χ2n) is 4.92. The van der Waals surface area contributed by atoms with E-state index >= 15 is 0 Å². The van der Waals surface area contributed by atoms with Crippen LogP contribution in [0.25, 0.3) is 10.9 Å². The van der Waals surface area contributed by atoms with Crippen LogP contribution in [0.2, 0.25) is 0 Å². The number of pyridine rings is 1. The van der Waals surface area contributed by atoms with Gasteiger partial charge in [0, 0.05) is 11.9 Å². The van der Waals surface area contributed by atoms with Crippen LogP contribution in [0, 0.1) is 0 Å². The number of hydrogen-bond acceptors (Lipinski definition) is 3. The van der Waals surface area contributed by atoms with Crippen LogP contribution in [0.4, 0.5) is 13.2 Å². The normalized spacial score (nSPS) is 14.4. The molecule has 0 amide bonds. The number of hydrogen-bond donors (Lipinski definition) is 1. The fraction of sp³-hybridized carbons (Fsp3) is 0.286. The van der Waals surface area contributed by atoms with Crippen molar-refractivity contribution < 1.29 is 23.1 Å². The summed E-state index contributed by atoms with van der Waals surface area (Å²) in [7, 11) is 0. The number of benzene rings is 1. The summed E-state index contributed by atoms with van der Waals surface area (Å²) >= 11 is 0. The van der Waals surface area contributed by atoms with Crippen molar-refractivity contribution in [3.8, 4) is 5.75 Å². The van der Waals surface area contributed by atoms with Gasteiger partial charge in [0.05, 0.1) is 5.52 Å². The van der Waals surface area contributed by atoms with E-state index < -0.39 is 28.8 Å². The molecule has 1 N–H and O–H groups in total. The molecule has 1 aliphatic heterocycles. The summed E-state index contributed by atoms with van der Waals surface area (Å²) in [6.07, 6.45) is -3.94. The fourth-order valence-electron chi connectivity index (χ4n) is 2.76. The Morgan fingerprint density at radius 1 is 1.29 bits per heavy atom. The Kier molecular flexibility index (Phi) is 2.82. The highest BCUT2D eigenvalue weighted by atomic mass is 19.4. The zero-order valence-corrected chi connectivity index (χ0v) is 10.7. The average molecular weight is 297 g/mol. The standard InChI is InChI=1S/C14H10F3NO3/c15-14(16,17)12(20)9-11(19)8-5-1-3-7-4-2-6-18(10(7)8)13(9)21/h1,3,5,19H,2,4,6H2. The molecule has 2 heterocycles. The maximum atomic E-state index is 12.6. The molecule has 0 saturated heterocycles. The number of aromatic hydroxyl groups is 1. The summed E-state index contributed by atoms with van der Waals surface area (Å²) in [5, 5.41) is 10.1.